The largest absolute Gasteiger partial charge is 0.481 e. The molecule has 0 amide bonds. The van der Waals surface area contributed by atoms with Crippen molar-refractivity contribution in [3.63, 3.8) is 0 Å². The highest BCUT2D eigenvalue weighted by atomic mass is 19.1. The Bertz CT molecular complexity index is 829. The van der Waals surface area contributed by atoms with Gasteiger partial charge in [0.15, 0.2) is 0 Å². The van der Waals surface area contributed by atoms with Gasteiger partial charge in [-0.2, -0.15) is 0 Å². The second-order valence-corrected chi connectivity index (χ2v) is 8.77. The fraction of sp³-hybridized carbons (Fsp3) is 0.522. The third-order valence-corrected chi connectivity index (χ3v) is 5.81. The van der Waals surface area contributed by atoms with Crippen molar-refractivity contribution in [1.82, 2.24) is 4.98 Å². The second kappa shape index (κ2) is 7.57. The first-order valence-electron chi connectivity index (χ1n) is 9.75. The highest BCUT2D eigenvalue weighted by molar-refractivity contribution is 5.70. The van der Waals surface area contributed by atoms with Crippen LogP contribution in [0.15, 0.2) is 24.4 Å². The molecule has 0 saturated heterocycles. The van der Waals surface area contributed by atoms with Gasteiger partial charge >= 0.3 is 0 Å². The van der Waals surface area contributed by atoms with E-state index in [1.807, 2.05) is 6.07 Å². The molecular weight excluding hydrogens is 344 g/mol. The van der Waals surface area contributed by atoms with E-state index in [1.165, 1.54) is 13.2 Å². The van der Waals surface area contributed by atoms with E-state index in [1.54, 1.807) is 6.07 Å². The Kier molecular flexibility index (Phi) is 5.55. The van der Waals surface area contributed by atoms with Crippen LogP contribution >= 0.6 is 0 Å². The van der Waals surface area contributed by atoms with Gasteiger partial charge in [-0.15, -0.1) is 0 Å². The van der Waals surface area contributed by atoms with E-state index in [0.717, 1.165) is 31.0 Å². The number of benzene rings is 1. The summed E-state index contributed by atoms with van der Waals surface area (Å²) in [6.07, 6.45) is 5.12. The maximum atomic E-state index is 14.9. The molecule has 27 heavy (non-hydrogen) atoms. The second-order valence-electron chi connectivity index (χ2n) is 8.77. The summed E-state index contributed by atoms with van der Waals surface area (Å²) in [5.41, 5.74) is 2.84. The van der Waals surface area contributed by atoms with Crippen molar-refractivity contribution in [3.05, 3.63) is 47.2 Å². The van der Waals surface area contributed by atoms with Gasteiger partial charge in [0, 0.05) is 11.6 Å². The minimum Gasteiger partial charge on any atom is -0.481 e. The molecule has 0 spiro atoms. The molecule has 0 radical (unpaired) electrons. The number of nitrogens with zero attached hydrogens (tertiary/aromatic N) is 1. The molecule has 1 fully saturated rings. The summed E-state index contributed by atoms with van der Waals surface area (Å²) >= 11 is 0. The molecule has 2 nitrogen and oxygen atoms in total. The fourth-order valence-corrected chi connectivity index (χ4v) is 4.40. The van der Waals surface area contributed by atoms with Crippen LogP contribution < -0.4 is 4.74 Å². The highest BCUT2D eigenvalue weighted by Gasteiger charge is 2.37. The zero-order valence-electron chi connectivity index (χ0n) is 16.9. The number of hydrogen-bond donors (Lipinski definition) is 0. The number of pyridine rings is 1. The van der Waals surface area contributed by atoms with Crippen LogP contribution in [0, 0.1) is 23.0 Å². The van der Waals surface area contributed by atoms with E-state index in [0.29, 0.717) is 34.9 Å². The average Bonchev–Trinajstić information content (AvgIpc) is 2.95. The third-order valence-electron chi connectivity index (χ3n) is 5.81. The molecule has 1 aromatic heterocycles. The molecule has 1 atom stereocenters. The summed E-state index contributed by atoms with van der Waals surface area (Å²) < 4.78 is 34.7. The molecule has 1 saturated carbocycles. The quantitative estimate of drug-likeness (QED) is 0.594. The Labute approximate surface area is 161 Å². The van der Waals surface area contributed by atoms with E-state index >= 15 is 0 Å². The molecule has 2 aromatic rings. The SMILES string of the molecule is COc1cc(-c2cc(F)c(CC(C)C)cc2[C@H]2CCCC2(C)C)c(F)cn1. The van der Waals surface area contributed by atoms with Gasteiger partial charge in [-0.1, -0.05) is 40.2 Å². The smallest absolute Gasteiger partial charge is 0.213 e. The average molecular weight is 373 g/mol. The van der Waals surface area contributed by atoms with Crippen molar-refractivity contribution < 1.29 is 13.5 Å². The van der Waals surface area contributed by atoms with Gasteiger partial charge in [-0.25, -0.2) is 13.8 Å². The Morgan fingerprint density at radius 3 is 2.48 bits per heavy atom. The molecule has 4 heteroatoms. The number of hydrogen-bond acceptors (Lipinski definition) is 2. The summed E-state index contributed by atoms with van der Waals surface area (Å²) in [7, 11) is 1.50. The number of methoxy groups -OCH3 is 1. The number of rotatable bonds is 5. The summed E-state index contributed by atoms with van der Waals surface area (Å²) in [5, 5.41) is 0. The van der Waals surface area contributed by atoms with Crippen LogP contribution in [-0.4, -0.2) is 12.1 Å². The lowest BCUT2D eigenvalue weighted by molar-refractivity contribution is 0.332. The summed E-state index contributed by atoms with van der Waals surface area (Å²) in [6.45, 7) is 8.67. The van der Waals surface area contributed by atoms with E-state index in [4.69, 9.17) is 4.74 Å². The van der Waals surface area contributed by atoms with Crippen LogP contribution in [0.4, 0.5) is 8.78 Å². The molecule has 3 rings (SSSR count). The lowest BCUT2D eigenvalue weighted by Gasteiger charge is -2.30. The highest BCUT2D eigenvalue weighted by Crippen LogP contribution is 2.51. The maximum Gasteiger partial charge on any atom is 0.213 e. The maximum absolute atomic E-state index is 14.9. The van der Waals surface area contributed by atoms with Crippen LogP contribution in [0.2, 0.25) is 0 Å². The van der Waals surface area contributed by atoms with Gasteiger partial charge < -0.3 is 4.74 Å². The Hall–Kier alpha value is -1.97. The topological polar surface area (TPSA) is 22.1 Å². The lowest BCUT2D eigenvalue weighted by Crippen LogP contribution is -2.17. The number of halogens is 2. The van der Waals surface area contributed by atoms with Crippen molar-refractivity contribution in [3.8, 4) is 17.0 Å². The van der Waals surface area contributed by atoms with Crippen molar-refractivity contribution >= 4 is 0 Å². The van der Waals surface area contributed by atoms with E-state index in [-0.39, 0.29) is 17.2 Å². The van der Waals surface area contributed by atoms with Crippen molar-refractivity contribution in [1.29, 1.82) is 0 Å². The minimum atomic E-state index is -0.455. The molecule has 0 N–H and O–H groups in total. The molecule has 1 aromatic carbocycles. The first kappa shape index (κ1) is 19.8. The summed E-state index contributed by atoms with van der Waals surface area (Å²) in [4.78, 5) is 3.93. The predicted octanol–water partition coefficient (Wildman–Crippen LogP) is 6.53. The normalized spacial score (nSPS) is 18.9. The molecule has 1 aliphatic carbocycles. The summed E-state index contributed by atoms with van der Waals surface area (Å²) in [6, 6.07) is 5.06. The zero-order valence-corrected chi connectivity index (χ0v) is 16.9. The van der Waals surface area contributed by atoms with Crippen molar-refractivity contribution in [2.45, 2.75) is 59.3 Å². The van der Waals surface area contributed by atoms with Crippen LogP contribution in [0.25, 0.3) is 11.1 Å². The van der Waals surface area contributed by atoms with Crippen LogP contribution in [0.3, 0.4) is 0 Å². The fourth-order valence-electron chi connectivity index (χ4n) is 4.40. The van der Waals surface area contributed by atoms with E-state index in [2.05, 4.69) is 32.7 Å². The third kappa shape index (κ3) is 3.99. The first-order chi connectivity index (χ1) is 12.7. The van der Waals surface area contributed by atoms with E-state index in [9.17, 15) is 8.78 Å². The number of aromatic nitrogens is 1. The lowest BCUT2D eigenvalue weighted by atomic mass is 9.75. The van der Waals surface area contributed by atoms with Gasteiger partial charge in [0.1, 0.15) is 11.6 Å². The van der Waals surface area contributed by atoms with Gasteiger partial charge in [-0.05, 0) is 59.3 Å². The van der Waals surface area contributed by atoms with Crippen LogP contribution in [0.5, 0.6) is 5.88 Å². The Morgan fingerprint density at radius 1 is 1.15 bits per heavy atom. The molecule has 1 aliphatic rings. The molecule has 146 valence electrons. The summed E-state index contributed by atoms with van der Waals surface area (Å²) in [5.74, 6) is 0.233. The predicted molar refractivity (Wildman–Crippen MR) is 105 cm³/mol. The van der Waals surface area contributed by atoms with Crippen LogP contribution in [-0.2, 0) is 6.42 Å². The van der Waals surface area contributed by atoms with Gasteiger partial charge in [-0.3, -0.25) is 0 Å². The Morgan fingerprint density at radius 2 is 1.89 bits per heavy atom. The molecule has 0 aliphatic heterocycles. The monoisotopic (exact) mass is 373 g/mol. The standard InChI is InChI=1S/C23H29F2NO/c1-14(2)9-15-10-17(19-7-6-8-23(19,3)4)16(11-20(15)24)18-12-22(27-5)26-13-21(18)25/h10-14,19H,6-9H2,1-5H3/t19-/m1/s1. The Balaban J connectivity index is 2.22. The van der Waals surface area contributed by atoms with Gasteiger partial charge in [0.05, 0.1) is 13.3 Å². The van der Waals surface area contributed by atoms with Gasteiger partial charge in [0.2, 0.25) is 5.88 Å². The van der Waals surface area contributed by atoms with Crippen molar-refractivity contribution in [2.75, 3.05) is 7.11 Å². The molecule has 1 heterocycles. The molecular formula is C23H29F2NO. The van der Waals surface area contributed by atoms with Gasteiger partial charge in [0.25, 0.3) is 0 Å². The first-order valence-corrected chi connectivity index (χ1v) is 9.75. The van der Waals surface area contributed by atoms with Crippen LogP contribution in [0.1, 0.15) is 64.0 Å². The minimum absolute atomic E-state index is 0.106. The molecule has 0 bridgehead atoms. The van der Waals surface area contributed by atoms with E-state index < -0.39 is 5.82 Å². The number of ether oxygens (including phenoxy) is 1. The van der Waals surface area contributed by atoms with Crippen molar-refractivity contribution in [2.24, 2.45) is 11.3 Å². The molecule has 0 unspecified atom stereocenters. The zero-order chi connectivity index (χ0) is 19.8.